The van der Waals surface area contributed by atoms with Crippen molar-refractivity contribution >= 4 is 6.08 Å². The molecular formula is C10H7F3O. The van der Waals surface area contributed by atoms with E-state index in [1.807, 2.05) is 0 Å². The van der Waals surface area contributed by atoms with Crippen LogP contribution in [0.25, 0.3) is 6.08 Å². The molecule has 0 aromatic heterocycles. The van der Waals surface area contributed by atoms with Gasteiger partial charge in [-0.25, -0.2) is 0 Å². The van der Waals surface area contributed by atoms with Gasteiger partial charge in [0.25, 0.3) is 0 Å². The summed E-state index contributed by atoms with van der Waals surface area (Å²) in [6.45, 7) is 0.415. The van der Waals surface area contributed by atoms with Crippen LogP contribution in [0.5, 0.6) is 5.75 Å². The van der Waals surface area contributed by atoms with Crippen LogP contribution in [-0.4, -0.2) is 6.61 Å². The lowest BCUT2D eigenvalue weighted by atomic mass is 10.1. The van der Waals surface area contributed by atoms with Crippen LogP contribution in [0, 0.1) is 0 Å². The summed E-state index contributed by atoms with van der Waals surface area (Å²) in [4.78, 5) is 0. The molecule has 14 heavy (non-hydrogen) atoms. The normalized spacial score (nSPS) is 14.8. The van der Waals surface area contributed by atoms with E-state index >= 15 is 0 Å². The van der Waals surface area contributed by atoms with Gasteiger partial charge in [0.2, 0.25) is 0 Å². The smallest absolute Gasteiger partial charge is 0.416 e. The Morgan fingerprint density at radius 1 is 1.21 bits per heavy atom. The summed E-state index contributed by atoms with van der Waals surface area (Å²) in [7, 11) is 0. The Hall–Kier alpha value is -1.45. The maximum atomic E-state index is 12.3. The highest BCUT2D eigenvalue weighted by atomic mass is 19.4. The fourth-order valence-electron chi connectivity index (χ4n) is 1.30. The highest BCUT2D eigenvalue weighted by Gasteiger charge is 2.31. The van der Waals surface area contributed by atoms with Gasteiger partial charge in [0, 0.05) is 5.56 Å². The second kappa shape index (κ2) is 3.04. The average molecular weight is 200 g/mol. The number of fused-ring (bicyclic) bond motifs is 1. The standard InChI is InChI=1S/C10H7F3O/c11-10(12,13)8-3-4-9-7(6-8)2-1-5-14-9/h1-4,6H,5H2. The van der Waals surface area contributed by atoms with E-state index in [0.29, 0.717) is 17.9 Å². The number of hydrogen-bond donors (Lipinski definition) is 0. The first-order valence-electron chi connectivity index (χ1n) is 4.08. The van der Waals surface area contributed by atoms with Crippen molar-refractivity contribution in [3.63, 3.8) is 0 Å². The third kappa shape index (κ3) is 1.60. The molecule has 1 aromatic rings. The van der Waals surface area contributed by atoms with Crippen molar-refractivity contribution in [2.45, 2.75) is 6.18 Å². The molecule has 0 saturated carbocycles. The van der Waals surface area contributed by atoms with E-state index in [0.717, 1.165) is 12.1 Å². The predicted octanol–water partition coefficient (Wildman–Crippen LogP) is 3.11. The van der Waals surface area contributed by atoms with Gasteiger partial charge >= 0.3 is 6.18 Å². The minimum Gasteiger partial charge on any atom is -0.489 e. The quantitative estimate of drug-likeness (QED) is 0.625. The SMILES string of the molecule is FC(F)(F)c1ccc2c(c1)C=CCO2. The molecule has 2 rings (SSSR count). The zero-order valence-corrected chi connectivity index (χ0v) is 7.14. The van der Waals surface area contributed by atoms with Crippen LogP contribution < -0.4 is 4.74 Å². The van der Waals surface area contributed by atoms with Crippen molar-refractivity contribution in [2.75, 3.05) is 6.61 Å². The fourth-order valence-corrected chi connectivity index (χ4v) is 1.30. The van der Waals surface area contributed by atoms with Crippen molar-refractivity contribution in [1.82, 2.24) is 0 Å². The zero-order chi connectivity index (χ0) is 10.2. The molecule has 1 aliphatic rings. The van der Waals surface area contributed by atoms with Crippen LogP contribution in [-0.2, 0) is 6.18 Å². The summed E-state index contributed by atoms with van der Waals surface area (Å²) < 4.78 is 42.0. The van der Waals surface area contributed by atoms with Crippen LogP contribution in [0.4, 0.5) is 13.2 Å². The Labute approximate surface area is 78.8 Å². The van der Waals surface area contributed by atoms with Crippen LogP contribution in [0.2, 0.25) is 0 Å². The molecule has 0 aliphatic carbocycles. The molecule has 0 radical (unpaired) electrons. The topological polar surface area (TPSA) is 9.23 Å². The van der Waals surface area contributed by atoms with E-state index < -0.39 is 11.7 Å². The van der Waals surface area contributed by atoms with Crippen LogP contribution in [0.1, 0.15) is 11.1 Å². The number of ether oxygens (including phenoxy) is 1. The van der Waals surface area contributed by atoms with Crippen molar-refractivity contribution < 1.29 is 17.9 Å². The second-order valence-electron chi connectivity index (χ2n) is 2.96. The van der Waals surface area contributed by atoms with Crippen LogP contribution >= 0.6 is 0 Å². The van der Waals surface area contributed by atoms with Gasteiger partial charge in [-0.2, -0.15) is 13.2 Å². The fraction of sp³-hybridized carbons (Fsp3) is 0.200. The summed E-state index contributed by atoms with van der Waals surface area (Å²) in [6, 6.07) is 3.46. The Morgan fingerprint density at radius 3 is 2.71 bits per heavy atom. The number of halogens is 3. The maximum Gasteiger partial charge on any atom is 0.416 e. The molecule has 1 nitrogen and oxygen atoms in total. The molecular weight excluding hydrogens is 193 g/mol. The predicted molar refractivity (Wildman–Crippen MR) is 46.0 cm³/mol. The molecule has 0 unspecified atom stereocenters. The number of benzene rings is 1. The van der Waals surface area contributed by atoms with E-state index in [-0.39, 0.29) is 0 Å². The van der Waals surface area contributed by atoms with Crippen LogP contribution in [0.3, 0.4) is 0 Å². The molecule has 0 spiro atoms. The molecule has 4 heteroatoms. The Kier molecular flexibility index (Phi) is 1.98. The lowest BCUT2D eigenvalue weighted by molar-refractivity contribution is -0.137. The molecule has 0 fully saturated rings. The van der Waals surface area contributed by atoms with Gasteiger partial charge in [0.15, 0.2) is 0 Å². The Balaban J connectivity index is 2.45. The van der Waals surface area contributed by atoms with Crippen molar-refractivity contribution in [3.8, 4) is 5.75 Å². The number of hydrogen-bond acceptors (Lipinski definition) is 1. The minimum absolute atomic E-state index is 0.415. The molecule has 1 heterocycles. The highest BCUT2D eigenvalue weighted by molar-refractivity contribution is 5.60. The summed E-state index contributed by atoms with van der Waals surface area (Å²) in [6.07, 6.45) is -0.975. The van der Waals surface area contributed by atoms with E-state index in [1.54, 1.807) is 12.2 Å². The van der Waals surface area contributed by atoms with E-state index in [2.05, 4.69) is 0 Å². The summed E-state index contributed by atoms with van der Waals surface area (Å²) in [5.41, 5.74) is -0.169. The van der Waals surface area contributed by atoms with Gasteiger partial charge in [-0.1, -0.05) is 6.08 Å². The summed E-state index contributed by atoms with van der Waals surface area (Å²) in [5.74, 6) is 0.500. The van der Waals surface area contributed by atoms with E-state index in [1.165, 1.54) is 6.07 Å². The van der Waals surface area contributed by atoms with Crippen LogP contribution in [0.15, 0.2) is 24.3 Å². The largest absolute Gasteiger partial charge is 0.489 e. The minimum atomic E-state index is -4.29. The molecule has 0 atom stereocenters. The highest BCUT2D eigenvalue weighted by Crippen LogP contribution is 2.33. The second-order valence-corrected chi connectivity index (χ2v) is 2.96. The van der Waals surface area contributed by atoms with Crippen molar-refractivity contribution in [1.29, 1.82) is 0 Å². The third-order valence-corrected chi connectivity index (χ3v) is 1.97. The Morgan fingerprint density at radius 2 is 2.00 bits per heavy atom. The summed E-state index contributed by atoms with van der Waals surface area (Å²) >= 11 is 0. The third-order valence-electron chi connectivity index (χ3n) is 1.97. The first-order chi connectivity index (χ1) is 6.57. The van der Waals surface area contributed by atoms with Crippen molar-refractivity contribution in [2.24, 2.45) is 0 Å². The maximum absolute atomic E-state index is 12.3. The van der Waals surface area contributed by atoms with Gasteiger partial charge in [0.1, 0.15) is 12.4 Å². The van der Waals surface area contributed by atoms with Gasteiger partial charge in [-0.05, 0) is 24.3 Å². The summed E-state index contributed by atoms with van der Waals surface area (Å²) in [5, 5.41) is 0. The number of alkyl halides is 3. The lowest BCUT2D eigenvalue weighted by Crippen LogP contribution is -2.07. The first kappa shape index (κ1) is 9.12. The average Bonchev–Trinajstić information content (AvgIpc) is 2.16. The lowest BCUT2D eigenvalue weighted by Gasteiger charge is -2.14. The van der Waals surface area contributed by atoms with Gasteiger partial charge in [0.05, 0.1) is 5.56 Å². The molecule has 0 saturated heterocycles. The first-order valence-corrected chi connectivity index (χ1v) is 4.08. The van der Waals surface area contributed by atoms with E-state index in [9.17, 15) is 13.2 Å². The molecule has 1 aliphatic heterocycles. The zero-order valence-electron chi connectivity index (χ0n) is 7.14. The van der Waals surface area contributed by atoms with Gasteiger partial charge in [-0.15, -0.1) is 0 Å². The molecule has 0 N–H and O–H groups in total. The molecule has 0 amide bonds. The Bertz CT molecular complexity index is 379. The molecule has 74 valence electrons. The molecule has 1 aromatic carbocycles. The van der Waals surface area contributed by atoms with Crippen molar-refractivity contribution in [3.05, 3.63) is 35.4 Å². The number of rotatable bonds is 0. The molecule has 0 bridgehead atoms. The van der Waals surface area contributed by atoms with Gasteiger partial charge < -0.3 is 4.74 Å². The van der Waals surface area contributed by atoms with Gasteiger partial charge in [-0.3, -0.25) is 0 Å². The monoisotopic (exact) mass is 200 g/mol. The van der Waals surface area contributed by atoms with E-state index in [4.69, 9.17) is 4.74 Å².